The van der Waals surface area contributed by atoms with Crippen LogP contribution < -0.4 is 4.50 Å². The van der Waals surface area contributed by atoms with Crippen LogP contribution in [0, 0.1) is 0 Å². The Morgan fingerprint density at radius 3 is 2.26 bits per heavy atom. The fourth-order valence-electron chi connectivity index (χ4n) is 2.11. The second kappa shape index (κ2) is 8.54. The molecule has 3 nitrogen and oxygen atoms in total. The van der Waals surface area contributed by atoms with Crippen molar-refractivity contribution in [1.82, 2.24) is 0 Å². The highest BCUT2D eigenvalue weighted by molar-refractivity contribution is 9.11. The molecule has 0 saturated carbocycles. The Labute approximate surface area is 129 Å². The fourth-order valence-corrected chi connectivity index (χ4v) is 7.24. The first kappa shape index (κ1) is 17.3. The minimum Gasteiger partial charge on any atom is -0.373 e. The molecule has 0 aliphatic carbocycles. The zero-order valence-electron chi connectivity index (χ0n) is 12.1. The summed E-state index contributed by atoms with van der Waals surface area (Å²) in [6.45, 7) is 2.23. The zero-order chi connectivity index (χ0) is 14.3. The standard InChI is InChI=1S/C13H23BrO3SSi/c1-5-6-7-8-9-11-10-12(14)18-13(11)19(15-2,16-3)17-4/h10H,5-9H2,1-4H3. The van der Waals surface area contributed by atoms with Crippen molar-refractivity contribution in [2.24, 2.45) is 0 Å². The van der Waals surface area contributed by atoms with Gasteiger partial charge in [-0.2, -0.15) is 0 Å². The van der Waals surface area contributed by atoms with Gasteiger partial charge in [-0.25, -0.2) is 0 Å². The summed E-state index contributed by atoms with van der Waals surface area (Å²) in [6.07, 6.45) is 6.08. The molecule has 19 heavy (non-hydrogen) atoms. The van der Waals surface area contributed by atoms with E-state index in [4.69, 9.17) is 13.3 Å². The zero-order valence-corrected chi connectivity index (χ0v) is 15.5. The quantitative estimate of drug-likeness (QED) is 0.492. The van der Waals surface area contributed by atoms with Crippen LogP contribution in [0.25, 0.3) is 0 Å². The van der Waals surface area contributed by atoms with Gasteiger partial charge >= 0.3 is 8.80 Å². The molecule has 1 heterocycles. The Morgan fingerprint density at radius 2 is 1.74 bits per heavy atom. The van der Waals surface area contributed by atoms with Crippen molar-refractivity contribution < 1.29 is 13.3 Å². The van der Waals surface area contributed by atoms with Crippen LogP contribution in [0.15, 0.2) is 9.85 Å². The smallest absolute Gasteiger partial charge is 0.373 e. The molecular formula is C13H23BrO3SSi. The second-order valence-electron chi connectivity index (χ2n) is 4.38. The molecule has 0 aliphatic rings. The molecule has 1 rings (SSSR count). The van der Waals surface area contributed by atoms with Crippen molar-refractivity contribution in [2.45, 2.75) is 39.0 Å². The first-order valence-corrected chi connectivity index (χ1v) is 9.91. The molecule has 0 fully saturated rings. The van der Waals surface area contributed by atoms with Gasteiger partial charge in [0.05, 0.1) is 8.29 Å². The molecule has 0 spiro atoms. The van der Waals surface area contributed by atoms with Crippen LogP contribution in [-0.2, 0) is 19.7 Å². The maximum atomic E-state index is 5.59. The third-order valence-corrected chi connectivity index (χ3v) is 8.20. The van der Waals surface area contributed by atoms with E-state index in [-0.39, 0.29) is 0 Å². The lowest BCUT2D eigenvalue weighted by Crippen LogP contribution is -2.54. The van der Waals surface area contributed by atoms with E-state index >= 15 is 0 Å². The van der Waals surface area contributed by atoms with Gasteiger partial charge in [0.25, 0.3) is 0 Å². The van der Waals surface area contributed by atoms with Crippen LogP contribution in [-0.4, -0.2) is 30.1 Å². The molecule has 6 heteroatoms. The van der Waals surface area contributed by atoms with E-state index in [1.807, 2.05) is 0 Å². The van der Waals surface area contributed by atoms with E-state index in [9.17, 15) is 0 Å². The lowest BCUT2D eigenvalue weighted by atomic mass is 10.1. The maximum absolute atomic E-state index is 5.59. The normalized spacial score (nSPS) is 12.1. The Morgan fingerprint density at radius 1 is 1.11 bits per heavy atom. The molecule has 0 aliphatic heterocycles. The predicted octanol–water partition coefficient (Wildman–Crippen LogP) is 3.72. The van der Waals surface area contributed by atoms with Crippen molar-refractivity contribution in [3.8, 4) is 0 Å². The molecule has 110 valence electrons. The Hall–Kier alpha value is 0.277. The van der Waals surface area contributed by atoms with Gasteiger partial charge in [0, 0.05) is 21.3 Å². The number of hydrogen-bond donors (Lipinski definition) is 0. The fraction of sp³-hybridized carbons (Fsp3) is 0.692. The SMILES string of the molecule is CCCCCCc1cc(Br)sc1[Si](OC)(OC)OC. The van der Waals surface area contributed by atoms with Crippen molar-refractivity contribution in [3.05, 3.63) is 15.4 Å². The van der Waals surface area contributed by atoms with Gasteiger partial charge < -0.3 is 13.3 Å². The highest BCUT2D eigenvalue weighted by Gasteiger charge is 2.44. The first-order valence-electron chi connectivity index (χ1n) is 6.57. The van der Waals surface area contributed by atoms with Gasteiger partial charge in [0.1, 0.15) is 0 Å². The predicted molar refractivity (Wildman–Crippen MR) is 86.3 cm³/mol. The molecule has 1 aromatic heterocycles. The number of unbranched alkanes of at least 4 members (excludes halogenated alkanes) is 3. The Bertz CT molecular complexity index is 372. The largest absolute Gasteiger partial charge is 0.547 e. The average molecular weight is 367 g/mol. The molecule has 0 saturated heterocycles. The van der Waals surface area contributed by atoms with E-state index in [2.05, 4.69) is 28.9 Å². The summed E-state index contributed by atoms with van der Waals surface area (Å²) in [5.74, 6) is 0. The number of thiophene rings is 1. The molecule has 0 atom stereocenters. The van der Waals surface area contributed by atoms with E-state index < -0.39 is 8.80 Å². The van der Waals surface area contributed by atoms with E-state index in [0.717, 1.165) is 14.7 Å². The van der Waals surface area contributed by atoms with Crippen molar-refractivity contribution in [3.63, 3.8) is 0 Å². The van der Waals surface area contributed by atoms with Gasteiger partial charge in [-0.1, -0.05) is 26.2 Å². The first-order chi connectivity index (χ1) is 9.13. The third-order valence-electron chi connectivity index (χ3n) is 3.16. The van der Waals surface area contributed by atoms with E-state index in [0.29, 0.717) is 0 Å². The summed E-state index contributed by atoms with van der Waals surface area (Å²) < 4.78 is 19.0. The van der Waals surface area contributed by atoms with Crippen molar-refractivity contribution in [1.29, 1.82) is 0 Å². The van der Waals surface area contributed by atoms with Crippen molar-refractivity contribution >= 4 is 40.6 Å². The molecule has 1 aromatic rings. The number of hydrogen-bond acceptors (Lipinski definition) is 4. The molecule has 0 N–H and O–H groups in total. The maximum Gasteiger partial charge on any atom is 0.547 e. The van der Waals surface area contributed by atoms with Crippen LogP contribution in [0.1, 0.15) is 38.2 Å². The lowest BCUT2D eigenvalue weighted by molar-refractivity contribution is 0.141. The molecular weight excluding hydrogens is 344 g/mol. The summed E-state index contributed by atoms with van der Waals surface area (Å²) in [5, 5.41) is 0. The number of halogens is 1. The summed E-state index contributed by atoms with van der Waals surface area (Å²) in [6, 6.07) is 2.17. The molecule has 0 unspecified atom stereocenters. The van der Waals surface area contributed by atoms with E-state index in [1.54, 1.807) is 32.7 Å². The summed E-state index contributed by atoms with van der Waals surface area (Å²) in [7, 11) is 2.28. The van der Waals surface area contributed by atoms with Crippen LogP contribution in [0.5, 0.6) is 0 Å². The molecule has 0 bridgehead atoms. The molecule has 0 radical (unpaired) electrons. The van der Waals surface area contributed by atoms with Crippen LogP contribution in [0.2, 0.25) is 0 Å². The van der Waals surface area contributed by atoms with Gasteiger partial charge in [0.15, 0.2) is 0 Å². The number of aryl methyl sites for hydroxylation is 1. The van der Waals surface area contributed by atoms with Gasteiger partial charge in [-0.15, -0.1) is 11.3 Å². The van der Waals surface area contributed by atoms with Crippen LogP contribution in [0.3, 0.4) is 0 Å². The topological polar surface area (TPSA) is 27.7 Å². The summed E-state index contributed by atoms with van der Waals surface area (Å²) in [5.41, 5.74) is 1.30. The minimum absolute atomic E-state index is 1.06. The highest BCUT2D eigenvalue weighted by Crippen LogP contribution is 2.25. The number of rotatable bonds is 9. The monoisotopic (exact) mass is 366 g/mol. The van der Waals surface area contributed by atoms with Crippen molar-refractivity contribution in [2.75, 3.05) is 21.3 Å². The average Bonchev–Trinajstić information content (AvgIpc) is 2.79. The highest BCUT2D eigenvalue weighted by atomic mass is 79.9. The van der Waals surface area contributed by atoms with Crippen LogP contribution >= 0.6 is 27.3 Å². The second-order valence-corrected chi connectivity index (χ2v) is 10.0. The summed E-state index contributed by atoms with van der Waals surface area (Å²) in [4.78, 5) is 0. The van der Waals surface area contributed by atoms with E-state index in [1.165, 1.54) is 31.2 Å². The third kappa shape index (κ3) is 4.37. The Balaban J connectivity index is 2.87. The minimum atomic E-state index is -2.70. The Kier molecular flexibility index (Phi) is 7.79. The van der Waals surface area contributed by atoms with Gasteiger partial charge in [-0.05, 0) is 40.4 Å². The summed E-state index contributed by atoms with van der Waals surface area (Å²) >= 11 is 5.22. The van der Waals surface area contributed by atoms with Gasteiger partial charge in [-0.3, -0.25) is 0 Å². The van der Waals surface area contributed by atoms with Gasteiger partial charge in [0.2, 0.25) is 0 Å². The molecule has 0 amide bonds. The molecule has 0 aromatic carbocycles. The van der Waals surface area contributed by atoms with Crippen LogP contribution in [0.4, 0.5) is 0 Å². The lowest BCUT2D eigenvalue weighted by Gasteiger charge is -2.24.